The number of rotatable bonds is 1. The van der Waals surface area contributed by atoms with Gasteiger partial charge in [0.2, 0.25) is 0 Å². The summed E-state index contributed by atoms with van der Waals surface area (Å²) in [4.78, 5) is 11.9. The molecule has 1 aliphatic heterocycles. The van der Waals surface area contributed by atoms with Crippen LogP contribution in [0.15, 0.2) is 12.4 Å². The number of aryl methyl sites for hydroxylation is 1. The van der Waals surface area contributed by atoms with E-state index < -0.39 is 11.9 Å². The molecular formula is C12H16N2O3. The van der Waals surface area contributed by atoms with Crippen molar-refractivity contribution in [3.8, 4) is 0 Å². The van der Waals surface area contributed by atoms with Crippen molar-refractivity contribution in [2.24, 2.45) is 7.05 Å². The van der Waals surface area contributed by atoms with Crippen LogP contribution in [0.3, 0.4) is 0 Å². The van der Waals surface area contributed by atoms with Crippen molar-refractivity contribution >= 4 is 5.78 Å². The first-order valence-corrected chi connectivity index (χ1v) is 5.83. The van der Waals surface area contributed by atoms with Crippen LogP contribution in [0.1, 0.15) is 31.7 Å². The number of hydrogen-bond acceptors (Lipinski definition) is 4. The van der Waals surface area contributed by atoms with Gasteiger partial charge in [0, 0.05) is 25.6 Å². The van der Waals surface area contributed by atoms with Gasteiger partial charge in [-0.3, -0.25) is 9.48 Å². The van der Waals surface area contributed by atoms with Crippen molar-refractivity contribution < 1.29 is 14.3 Å². The minimum Gasteiger partial charge on any atom is -0.343 e. The van der Waals surface area contributed by atoms with Gasteiger partial charge in [0.1, 0.15) is 12.2 Å². The Bertz CT molecular complexity index is 466. The molecule has 2 heterocycles. The van der Waals surface area contributed by atoms with Crippen LogP contribution in [0.5, 0.6) is 0 Å². The van der Waals surface area contributed by atoms with E-state index in [4.69, 9.17) is 9.47 Å². The highest BCUT2D eigenvalue weighted by atomic mass is 16.8. The molecule has 0 spiro atoms. The molecule has 1 aliphatic carbocycles. The second-order valence-electron chi connectivity index (χ2n) is 5.25. The Kier molecular flexibility index (Phi) is 2.18. The molecule has 0 aromatic carbocycles. The highest BCUT2D eigenvalue weighted by Crippen LogP contribution is 2.44. The van der Waals surface area contributed by atoms with E-state index in [1.165, 1.54) is 0 Å². The third kappa shape index (κ3) is 1.70. The second kappa shape index (κ2) is 3.40. The fraction of sp³-hybridized carbons (Fsp3) is 0.667. The molecule has 17 heavy (non-hydrogen) atoms. The van der Waals surface area contributed by atoms with Gasteiger partial charge in [-0.15, -0.1) is 0 Å². The van der Waals surface area contributed by atoms with Gasteiger partial charge < -0.3 is 9.47 Å². The van der Waals surface area contributed by atoms with Crippen LogP contribution in [0.2, 0.25) is 0 Å². The predicted molar refractivity (Wildman–Crippen MR) is 59.4 cm³/mol. The molecule has 5 heteroatoms. The molecule has 92 valence electrons. The molecule has 3 rings (SSSR count). The lowest BCUT2D eigenvalue weighted by molar-refractivity contribution is -0.160. The van der Waals surface area contributed by atoms with Crippen LogP contribution in [0.4, 0.5) is 0 Å². The number of fused-ring (bicyclic) bond motifs is 1. The molecule has 2 fully saturated rings. The summed E-state index contributed by atoms with van der Waals surface area (Å²) < 4.78 is 13.2. The molecule has 0 bridgehead atoms. The van der Waals surface area contributed by atoms with Gasteiger partial charge in [0.25, 0.3) is 0 Å². The summed E-state index contributed by atoms with van der Waals surface area (Å²) in [7, 11) is 1.87. The minimum atomic E-state index is -0.661. The monoisotopic (exact) mass is 236 g/mol. The molecule has 0 unspecified atom stereocenters. The zero-order valence-electron chi connectivity index (χ0n) is 10.2. The number of Topliss-reactive ketones (excluding diaryl/α,β-unsaturated/α-hetero) is 1. The molecule has 2 aliphatic rings. The van der Waals surface area contributed by atoms with Gasteiger partial charge in [-0.2, -0.15) is 5.10 Å². The van der Waals surface area contributed by atoms with E-state index >= 15 is 0 Å². The Morgan fingerprint density at radius 3 is 2.88 bits per heavy atom. The first-order valence-electron chi connectivity index (χ1n) is 5.83. The molecule has 1 saturated heterocycles. The van der Waals surface area contributed by atoms with Crippen molar-refractivity contribution in [1.29, 1.82) is 0 Å². The van der Waals surface area contributed by atoms with Crippen LogP contribution >= 0.6 is 0 Å². The van der Waals surface area contributed by atoms with E-state index in [0.717, 1.165) is 5.56 Å². The molecule has 1 aromatic rings. The fourth-order valence-electron chi connectivity index (χ4n) is 2.72. The molecule has 0 amide bonds. The maximum absolute atomic E-state index is 11.9. The standard InChI is InChI=1S/C12H16N2O3/c1-12(2)16-10-8(4-9(15)11(10)17-12)7-5-13-14(3)6-7/h5-6,8,10-11H,4H2,1-3H3/t8-,10-,11+/m1/s1. The van der Waals surface area contributed by atoms with Crippen LogP contribution in [0.25, 0.3) is 0 Å². The number of aromatic nitrogens is 2. The zero-order valence-corrected chi connectivity index (χ0v) is 10.2. The van der Waals surface area contributed by atoms with Gasteiger partial charge in [-0.25, -0.2) is 0 Å². The van der Waals surface area contributed by atoms with E-state index in [1.54, 1.807) is 10.9 Å². The highest BCUT2D eigenvalue weighted by Gasteiger charge is 2.54. The molecule has 1 aromatic heterocycles. The second-order valence-corrected chi connectivity index (χ2v) is 5.25. The lowest BCUT2D eigenvalue weighted by Crippen LogP contribution is -2.25. The highest BCUT2D eigenvalue weighted by molar-refractivity contribution is 5.88. The lowest BCUT2D eigenvalue weighted by atomic mass is 9.99. The maximum Gasteiger partial charge on any atom is 0.165 e. The zero-order chi connectivity index (χ0) is 12.2. The molecule has 0 N–H and O–H groups in total. The predicted octanol–water partition coefficient (Wildman–Crippen LogP) is 0.997. The smallest absolute Gasteiger partial charge is 0.165 e. The number of ketones is 1. The third-order valence-corrected chi connectivity index (χ3v) is 3.42. The van der Waals surface area contributed by atoms with Gasteiger partial charge in [0.05, 0.1) is 6.20 Å². The summed E-state index contributed by atoms with van der Waals surface area (Å²) in [6.45, 7) is 3.69. The quantitative estimate of drug-likeness (QED) is 0.730. The Hall–Kier alpha value is -1.20. The summed E-state index contributed by atoms with van der Waals surface area (Å²) in [6, 6.07) is 0. The van der Waals surface area contributed by atoms with Gasteiger partial charge in [-0.1, -0.05) is 0 Å². The maximum atomic E-state index is 11.9. The van der Waals surface area contributed by atoms with Crippen molar-refractivity contribution in [3.05, 3.63) is 18.0 Å². The van der Waals surface area contributed by atoms with Gasteiger partial charge >= 0.3 is 0 Å². The number of nitrogens with zero attached hydrogens (tertiary/aromatic N) is 2. The van der Waals surface area contributed by atoms with Crippen molar-refractivity contribution in [2.45, 2.75) is 44.2 Å². The van der Waals surface area contributed by atoms with E-state index in [-0.39, 0.29) is 17.8 Å². The van der Waals surface area contributed by atoms with Gasteiger partial charge in [-0.05, 0) is 19.4 Å². The van der Waals surface area contributed by atoms with Crippen molar-refractivity contribution in [3.63, 3.8) is 0 Å². The number of hydrogen-bond donors (Lipinski definition) is 0. The Labute approximate surface area is 99.7 Å². The lowest BCUT2D eigenvalue weighted by Gasteiger charge is -2.20. The summed E-state index contributed by atoms with van der Waals surface area (Å²) in [5.41, 5.74) is 1.05. The van der Waals surface area contributed by atoms with E-state index in [9.17, 15) is 4.79 Å². The van der Waals surface area contributed by atoms with Crippen LogP contribution in [-0.2, 0) is 21.3 Å². The number of carbonyl (C=O) groups is 1. The Morgan fingerprint density at radius 1 is 1.47 bits per heavy atom. The number of ether oxygens (including phenoxy) is 2. The Balaban J connectivity index is 1.91. The number of carbonyl (C=O) groups excluding carboxylic acids is 1. The average Bonchev–Trinajstić information content (AvgIpc) is 2.84. The first-order chi connectivity index (χ1) is 7.96. The fourth-order valence-corrected chi connectivity index (χ4v) is 2.72. The first kappa shape index (κ1) is 10.9. The average molecular weight is 236 g/mol. The summed E-state index contributed by atoms with van der Waals surface area (Å²) >= 11 is 0. The largest absolute Gasteiger partial charge is 0.343 e. The molecule has 0 radical (unpaired) electrons. The van der Waals surface area contributed by atoms with Crippen LogP contribution in [0, 0.1) is 0 Å². The normalized spacial score (nSPS) is 35.2. The molecule has 3 atom stereocenters. The van der Waals surface area contributed by atoms with Crippen LogP contribution < -0.4 is 0 Å². The van der Waals surface area contributed by atoms with Gasteiger partial charge in [0.15, 0.2) is 11.6 Å². The SMILES string of the molecule is Cn1cc([C@H]2CC(=O)[C@@H]3OC(C)(C)O[C@H]23)cn1. The summed E-state index contributed by atoms with van der Waals surface area (Å²) in [5, 5.41) is 4.15. The van der Waals surface area contributed by atoms with E-state index in [1.807, 2.05) is 27.1 Å². The summed E-state index contributed by atoms with van der Waals surface area (Å²) in [5.74, 6) is -0.455. The molecule has 1 saturated carbocycles. The topological polar surface area (TPSA) is 53.4 Å². The Morgan fingerprint density at radius 2 is 2.24 bits per heavy atom. The minimum absolute atomic E-state index is 0.0722. The van der Waals surface area contributed by atoms with Crippen LogP contribution in [-0.4, -0.2) is 33.6 Å². The van der Waals surface area contributed by atoms with Crippen molar-refractivity contribution in [2.75, 3.05) is 0 Å². The summed E-state index contributed by atoms with van der Waals surface area (Å²) in [6.07, 6.45) is 3.65. The molecular weight excluding hydrogens is 220 g/mol. The van der Waals surface area contributed by atoms with E-state index in [0.29, 0.717) is 6.42 Å². The third-order valence-electron chi connectivity index (χ3n) is 3.42. The van der Waals surface area contributed by atoms with E-state index in [2.05, 4.69) is 5.10 Å². The van der Waals surface area contributed by atoms with Crippen molar-refractivity contribution in [1.82, 2.24) is 9.78 Å². The molecule has 5 nitrogen and oxygen atoms in total.